The van der Waals surface area contributed by atoms with Gasteiger partial charge in [-0.15, -0.1) is 0 Å². The minimum atomic E-state index is -0.712. The molecule has 1 aromatic carbocycles. The summed E-state index contributed by atoms with van der Waals surface area (Å²) in [7, 11) is 0. The van der Waals surface area contributed by atoms with E-state index in [0.717, 1.165) is 16.5 Å². The van der Waals surface area contributed by atoms with E-state index in [-0.39, 0.29) is 11.4 Å². The lowest BCUT2D eigenvalue weighted by Gasteiger charge is -2.20. The Morgan fingerprint density at radius 3 is 2.50 bits per heavy atom. The summed E-state index contributed by atoms with van der Waals surface area (Å²) in [5.74, 6) is -0.345. The maximum absolute atomic E-state index is 12.4. The molecule has 0 fully saturated rings. The second-order valence-corrected chi connectivity index (χ2v) is 9.84. The fourth-order valence-electron chi connectivity index (χ4n) is 2.86. The molecule has 0 spiro atoms. The second-order valence-electron chi connectivity index (χ2n) is 7.90. The number of esters is 1. The number of amides is 1. The predicted molar refractivity (Wildman–Crippen MR) is 122 cm³/mol. The molecule has 9 heteroatoms. The first-order valence-electron chi connectivity index (χ1n) is 9.35. The van der Waals surface area contributed by atoms with Crippen LogP contribution in [0.5, 0.6) is 5.75 Å². The zero-order chi connectivity index (χ0) is 22.6. The lowest BCUT2D eigenvalue weighted by molar-refractivity contribution is -0.133. The van der Waals surface area contributed by atoms with Crippen molar-refractivity contribution in [3.8, 4) is 5.75 Å². The number of rotatable bonds is 6. The number of benzene rings is 1. The summed E-state index contributed by atoms with van der Waals surface area (Å²) in [6.45, 7) is 8.38. The Morgan fingerprint density at radius 1 is 1.23 bits per heavy atom. The summed E-state index contributed by atoms with van der Waals surface area (Å²) >= 11 is 7.00. The molecular weight excluding hydrogens is 522 g/mol. The third-order valence-electron chi connectivity index (χ3n) is 4.10. The first-order valence-corrected chi connectivity index (χ1v) is 11.4. The number of fused-ring (bicyclic) bond motifs is 1. The Morgan fingerprint density at radius 2 is 1.90 bits per heavy atom. The van der Waals surface area contributed by atoms with Crippen LogP contribution in [0.4, 0.5) is 4.79 Å². The predicted octanol–water partition coefficient (Wildman–Crippen LogP) is 4.54. The van der Waals surface area contributed by atoms with E-state index in [0.29, 0.717) is 28.6 Å². The van der Waals surface area contributed by atoms with Crippen LogP contribution >= 0.6 is 31.9 Å². The van der Waals surface area contributed by atoms with Gasteiger partial charge in [-0.25, -0.2) is 14.4 Å². The summed E-state index contributed by atoms with van der Waals surface area (Å²) in [5.41, 5.74) is 1.33. The Bertz CT molecular complexity index is 1010. The van der Waals surface area contributed by atoms with Crippen LogP contribution in [0, 0.1) is 13.8 Å². The molecule has 0 aliphatic rings. The zero-order valence-electron chi connectivity index (χ0n) is 17.6. The Labute approximate surface area is 191 Å². The number of aryl methyl sites for hydroxylation is 2. The third-order valence-corrected chi connectivity index (χ3v) is 6.40. The molecule has 7 nitrogen and oxygen atoms in total. The first-order chi connectivity index (χ1) is 13.9. The molecule has 0 saturated heterocycles. The van der Waals surface area contributed by atoms with Crippen LogP contribution in [0.3, 0.4) is 0 Å². The van der Waals surface area contributed by atoms with Crippen molar-refractivity contribution < 1.29 is 23.5 Å². The number of halogens is 2. The highest BCUT2D eigenvalue weighted by Gasteiger charge is 2.21. The van der Waals surface area contributed by atoms with Gasteiger partial charge in [-0.05, 0) is 58.2 Å². The zero-order valence-corrected chi connectivity index (χ0v) is 20.7. The number of carbonyl (C=O) groups excluding carboxylic acids is 2. The quantitative estimate of drug-likeness (QED) is 0.247. The number of nitrogens with one attached hydrogen (secondary N) is 1. The third kappa shape index (κ3) is 6.57. The fourth-order valence-corrected chi connectivity index (χ4v) is 3.43. The number of hydrogen-bond acceptors (Lipinski definition) is 6. The minimum absolute atomic E-state index is 0.0997. The number of carbonyl (C=O) groups is 2. The van der Waals surface area contributed by atoms with Crippen LogP contribution in [-0.4, -0.2) is 34.4 Å². The average molecular weight is 547 g/mol. The average Bonchev–Trinajstić information content (AvgIpc) is 2.62. The van der Waals surface area contributed by atoms with Gasteiger partial charge in [0, 0.05) is 27.2 Å². The maximum Gasteiger partial charge on any atom is 0.408 e. The van der Waals surface area contributed by atoms with E-state index in [2.05, 4.69) is 37.2 Å². The Kier molecular flexibility index (Phi) is 8.10. The molecule has 1 heterocycles. The van der Waals surface area contributed by atoms with Crippen LogP contribution < -0.4 is 15.7 Å². The normalized spacial score (nSPS) is 12.5. The van der Waals surface area contributed by atoms with Gasteiger partial charge in [-0.1, -0.05) is 31.9 Å². The molecule has 1 amide bonds. The molecule has 1 atom stereocenters. The van der Waals surface area contributed by atoms with E-state index in [9.17, 15) is 14.4 Å². The molecule has 30 heavy (non-hydrogen) atoms. The number of alkyl carbamates (subject to hydrolysis) is 1. The van der Waals surface area contributed by atoms with Crippen molar-refractivity contribution in [1.29, 1.82) is 0 Å². The molecular formula is C21H25Br2NO6. The van der Waals surface area contributed by atoms with Crippen LogP contribution in [0.2, 0.25) is 0 Å². The Balaban J connectivity index is 2.34. The van der Waals surface area contributed by atoms with E-state index < -0.39 is 23.3 Å². The largest absolute Gasteiger partial charge is 0.444 e. The summed E-state index contributed by atoms with van der Waals surface area (Å²) in [6.07, 6.45) is -0.140. The second kappa shape index (κ2) is 9.96. The van der Waals surface area contributed by atoms with Gasteiger partial charge >= 0.3 is 17.7 Å². The van der Waals surface area contributed by atoms with Crippen LogP contribution in [0.1, 0.15) is 37.5 Å². The molecule has 1 aromatic heterocycles. The van der Waals surface area contributed by atoms with Gasteiger partial charge in [0.1, 0.15) is 23.5 Å². The summed E-state index contributed by atoms with van der Waals surface area (Å²) in [4.78, 5) is 36.1. The topological polar surface area (TPSA) is 94.8 Å². The highest BCUT2D eigenvalue weighted by molar-refractivity contribution is 9.12. The molecule has 0 saturated carbocycles. The highest BCUT2D eigenvalue weighted by Crippen LogP contribution is 2.34. The van der Waals surface area contributed by atoms with Gasteiger partial charge in [0.25, 0.3) is 0 Å². The number of hydrogen-bond donors (Lipinski definition) is 1. The van der Waals surface area contributed by atoms with Gasteiger partial charge in [-0.2, -0.15) is 0 Å². The summed E-state index contributed by atoms with van der Waals surface area (Å²) in [5, 5.41) is 3.86. The van der Waals surface area contributed by atoms with Crippen molar-refractivity contribution in [3.63, 3.8) is 0 Å². The molecule has 2 rings (SSSR count). The van der Waals surface area contributed by atoms with Gasteiger partial charge in [0.05, 0.1) is 0 Å². The Hall–Kier alpha value is -1.87. The standard InChI is InChI=1S/C21H25Br2NO6/c1-11-6-16(25)28-19-12(2)18(13(8-15(11)19)7-14(23)9-22)29-17(26)10-24-20(27)30-21(3,4)5/h6,8,14H,7,9-10H2,1-5H3,(H,24,27). The van der Waals surface area contributed by atoms with Gasteiger partial charge in [0.2, 0.25) is 0 Å². The molecule has 2 aromatic rings. The minimum Gasteiger partial charge on any atom is -0.444 e. The van der Waals surface area contributed by atoms with Crippen molar-refractivity contribution in [2.24, 2.45) is 0 Å². The van der Waals surface area contributed by atoms with Gasteiger partial charge in [-0.3, -0.25) is 0 Å². The van der Waals surface area contributed by atoms with Crippen LogP contribution in [-0.2, 0) is 16.0 Å². The van der Waals surface area contributed by atoms with Crippen molar-refractivity contribution in [2.45, 2.75) is 51.5 Å². The fraction of sp³-hybridized carbons (Fsp3) is 0.476. The van der Waals surface area contributed by atoms with Gasteiger partial charge in [0.15, 0.2) is 0 Å². The molecule has 0 aliphatic heterocycles. The summed E-state index contributed by atoms with van der Waals surface area (Å²) in [6, 6.07) is 3.29. The smallest absolute Gasteiger partial charge is 0.408 e. The van der Waals surface area contributed by atoms with E-state index in [1.54, 1.807) is 27.7 Å². The first kappa shape index (κ1) is 24.4. The maximum atomic E-state index is 12.4. The molecule has 0 aliphatic carbocycles. The van der Waals surface area contributed by atoms with Crippen LogP contribution in [0.15, 0.2) is 21.3 Å². The summed E-state index contributed by atoms with van der Waals surface area (Å²) < 4.78 is 16.1. The van der Waals surface area contributed by atoms with Gasteiger partial charge < -0.3 is 19.2 Å². The van der Waals surface area contributed by atoms with E-state index in [4.69, 9.17) is 13.9 Å². The lowest BCUT2D eigenvalue weighted by atomic mass is 9.99. The SMILES string of the molecule is Cc1cc(=O)oc2c(C)c(OC(=O)CNC(=O)OC(C)(C)C)c(CC(Br)CBr)cc12. The number of ether oxygens (including phenoxy) is 2. The van der Waals surface area contributed by atoms with Crippen molar-refractivity contribution in [1.82, 2.24) is 5.32 Å². The van der Waals surface area contributed by atoms with E-state index in [1.165, 1.54) is 6.07 Å². The monoisotopic (exact) mass is 545 g/mol. The van der Waals surface area contributed by atoms with Crippen LogP contribution in [0.25, 0.3) is 11.0 Å². The molecule has 1 unspecified atom stereocenters. The van der Waals surface area contributed by atoms with Crippen molar-refractivity contribution in [3.05, 3.63) is 39.2 Å². The molecule has 0 radical (unpaired) electrons. The molecule has 0 bridgehead atoms. The lowest BCUT2D eigenvalue weighted by Crippen LogP contribution is -2.36. The van der Waals surface area contributed by atoms with Crippen molar-refractivity contribution in [2.75, 3.05) is 11.9 Å². The highest BCUT2D eigenvalue weighted by atomic mass is 79.9. The molecule has 1 N–H and O–H groups in total. The van der Waals surface area contributed by atoms with E-state index >= 15 is 0 Å². The van der Waals surface area contributed by atoms with Crippen molar-refractivity contribution >= 4 is 54.9 Å². The van der Waals surface area contributed by atoms with E-state index in [1.807, 2.05) is 13.0 Å². The number of alkyl halides is 2. The molecule has 164 valence electrons.